The van der Waals surface area contributed by atoms with Crippen LogP contribution in [0.25, 0.3) is 0 Å². The molecule has 0 atom stereocenters. The van der Waals surface area contributed by atoms with E-state index in [1.54, 1.807) is 12.1 Å². The van der Waals surface area contributed by atoms with Crippen LogP contribution in [0.5, 0.6) is 0 Å². The van der Waals surface area contributed by atoms with Gasteiger partial charge in [0, 0.05) is 5.33 Å². The minimum absolute atomic E-state index is 0.136. The van der Waals surface area contributed by atoms with Gasteiger partial charge in [0.05, 0.1) is 11.1 Å². The van der Waals surface area contributed by atoms with Gasteiger partial charge in [-0.05, 0) is 23.6 Å². The molecule has 0 spiro atoms. The van der Waals surface area contributed by atoms with Gasteiger partial charge < -0.3 is 5.11 Å². The predicted molar refractivity (Wildman–Crippen MR) is 60.1 cm³/mol. The highest BCUT2D eigenvalue weighted by Gasteiger charge is 2.17. The highest BCUT2D eigenvalue weighted by molar-refractivity contribution is 9.08. The maximum absolute atomic E-state index is 11.1. The quantitative estimate of drug-likeness (QED) is 0.857. The minimum Gasteiger partial charge on any atom is -0.478 e. The van der Waals surface area contributed by atoms with E-state index < -0.39 is 5.97 Å². The number of carbonyl (C=O) groups is 1. The standard InChI is InChI=1S/C11H10BrNO2/c1-2-9-7(5-12)3-4-8(6-13)10(9)11(14)15/h3-4H,2,5H2,1H3,(H,14,15). The molecule has 1 rings (SSSR count). The first-order chi connectivity index (χ1) is 7.15. The van der Waals surface area contributed by atoms with Crippen molar-refractivity contribution >= 4 is 21.9 Å². The van der Waals surface area contributed by atoms with Crippen LogP contribution in [0.4, 0.5) is 0 Å². The maximum atomic E-state index is 11.1. The van der Waals surface area contributed by atoms with Crippen molar-refractivity contribution in [2.45, 2.75) is 18.7 Å². The summed E-state index contributed by atoms with van der Waals surface area (Å²) < 4.78 is 0. The molecular formula is C11H10BrNO2. The molecule has 0 aliphatic carbocycles. The Morgan fingerprint density at radius 3 is 2.67 bits per heavy atom. The largest absolute Gasteiger partial charge is 0.478 e. The van der Waals surface area contributed by atoms with E-state index in [4.69, 9.17) is 10.4 Å². The van der Waals surface area contributed by atoms with Crippen LogP contribution in [0.3, 0.4) is 0 Å². The monoisotopic (exact) mass is 267 g/mol. The van der Waals surface area contributed by atoms with E-state index in [0.717, 1.165) is 11.1 Å². The molecule has 3 nitrogen and oxygen atoms in total. The number of hydrogen-bond acceptors (Lipinski definition) is 2. The fraction of sp³-hybridized carbons (Fsp3) is 0.273. The third-order valence-electron chi connectivity index (χ3n) is 2.24. The predicted octanol–water partition coefficient (Wildman–Crippen LogP) is 2.71. The summed E-state index contributed by atoms with van der Waals surface area (Å²) >= 11 is 3.30. The highest BCUT2D eigenvalue weighted by Crippen LogP contribution is 2.22. The third kappa shape index (κ3) is 2.18. The summed E-state index contributed by atoms with van der Waals surface area (Å²) in [6.45, 7) is 1.88. The molecule has 0 unspecified atom stereocenters. The number of halogens is 1. The molecule has 15 heavy (non-hydrogen) atoms. The maximum Gasteiger partial charge on any atom is 0.337 e. The topological polar surface area (TPSA) is 61.1 Å². The number of rotatable bonds is 3. The van der Waals surface area contributed by atoms with Crippen molar-refractivity contribution in [2.75, 3.05) is 0 Å². The Morgan fingerprint density at radius 1 is 1.60 bits per heavy atom. The van der Waals surface area contributed by atoms with Gasteiger partial charge in [-0.15, -0.1) is 0 Å². The SMILES string of the molecule is CCc1c(CBr)ccc(C#N)c1C(=O)O. The molecule has 0 saturated carbocycles. The second kappa shape index (κ2) is 4.94. The molecule has 0 heterocycles. The van der Waals surface area contributed by atoms with E-state index >= 15 is 0 Å². The van der Waals surface area contributed by atoms with Crippen molar-refractivity contribution in [3.63, 3.8) is 0 Å². The van der Waals surface area contributed by atoms with Crippen LogP contribution in [0.1, 0.15) is 34.0 Å². The minimum atomic E-state index is -1.04. The Morgan fingerprint density at radius 2 is 2.27 bits per heavy atom. The molecule has 78 valence electrons. The Bertz CT molecular complexity index is 435. The van der Waals surface area contributed by atoms with E-state index in [-0.39, 0.29) is 11.1 Å². The summed E-state index contributed by atoms with van der Waals surface area (Å²) in [6.07, 6.45) is 0.609. The molecule has 0 aromatic heterocycles. The Hall–Kier alpha value is -1.34. The van der Waals surface area contributed by atoms with Gasteiger partial charge >= 0.3 is 5.97 Å². The molecule has 1 aromatic carbocycles. The molecule has 0 radical (unpaired) electrons. The van der Waals surface area contributed by atoms with Gasteiger partial charge in [-0.1, -0.05) is 28.9 Å². The number of benzene rings is 1. The van der Waals surface area contributed by atoms with Crippen LogP contribution in [-0.2, 0) is 11.8 Å². The van der Waals surface area contributed by atoms with E-state index in [9.17, 15) is 4.79 Å². The lowest BCUT2D eigenvalue weighted by Crippen LogP contribution is -2.07. The third-order valence-corrected chi connectivity index (χ3v) is 2.85. The van der Waals surface area contributed by atoms with E-state index in [1.165, 1.54) is 0 Å². The van der Waals surface area contributed by atoms with Crippen molar-refractivity contribution in [1.29, 1.82) is 5.26 Å². The first-order valence-corrected chi connectivity index (χ1v) is 5.61. The molecule has 0 fully saturated rings. The summed E-state index contributed by atoms with van der Waals surface area (Å²) in [6, 6.07) is 5.25. The van der Waals surface area contributed by atoms with Crippen molar-refractivity contribution in [1.82, 2.24) is 0 Å². The summed E-state index contributed by atoms with van der Waals surface area (Å²) in [7, 11) is 0. The van der Waals surface area contributed by atoms with Crippen LogP contribution >= 0.6 is 15.9 Å². The van der Waals surface area contributed by atoms with Crippen LogP contribution in [0.2, 0.25) is 0 Å². The van der Waals surface area contributed by atoms with Gasteiger partial charge in [-0.25, -0.2) is 4.79 Å². The van der Waals surface area contributed by atoms with E-state index in [2.05, 4.69) is 15.9 Å². The summed E-state index contributed by atoms with van der Waals surface area (Å²) in [5.74, 6) is -1.04. The molecule has 4 heteroatoms. The lowest BCUT2D eigenvalue weighted by atomic mass is 9.95. The number of aromatic carboxylic acids is 1. The molecule has 1 aromatic rings. The van der Waals surface area contributed by atoms with Gasteiger partial charge in [0.2, 0.25) is 0 Å². The molecule has 0 amide bonds. The van der Waals surface area contributed by atoms with Crippen molar-refractivity contribution in [2.24, 2.45) is 0 Å². The Labute approximate surface area is 96.5 Å². The number of nitrogens with zero attached hydrogens (tertiary/aromatic N) is 1. The van der Waals surface area contributed by atoms with Crippen LogP contribution < -0.4 is 0 Å². The molecule has 0 aliphatic heterocycles. The first kappa shape index (κ1) is 11.7. The summed E-state index contributed by atoms with van der Waals surface area (Å²) in [4.78, 5) is 11.1. The van der Waals surface area contributed by atoms with Gasteiger partial charge in [0.15, 0.2) is 0 Å². The first-order valence-electron chi connectivity index (χ1n) is 4.49. The zero-order valence-corrected chi connectivity index (χ0v) is 9.84. The summed E-state index contributed by atoms with van der Waals surface area (Å²) in [5.41, 5.74) is 2.02. The van der Waals surface area contributed by atoms with Crippen molar-refractivity contribution in [3.05, 3.63) is 34.4 Å². The normalized spacial score (nSPS) is 9.67. The fourth-order valence-electron chi connectivity index (χ4n) is 1.56. The van der Waals surface area contributed by atoms with Gasteiger partial charge in [-0.3, -0.25) is 0 Å². The second-order valence-electron chi connectivity index (χ2n) is 3.03. The average Bonchev–Trinajstić information content (AvgIpc) is 2.26. The van der Waals surface area contributed by atoms with Crippen LogP contribution in [-0.4, -0.2) is 11.1 Å². The fourth-order valence-corrected chi connectivity index (χ4v) is 2.08. The number of carboxylic acid groups (broad SMARTS) is 1. The van der Waals surface area contributed by atoms with Crippen molar-refractivity contribution in [3.8, 4) is 6.07 Å². The number of hydrogen-bond donors (Lipinski definition) is 1. The zero-order chi connectivity index (χ0) is 11.4. The lowest BCUT2D eigenvalue weighted by molar-refractivity contribution is 0.0695. The number of nitriles is 1. The van der Waals surface area contributed by atoms with Crippen LogP contribution in [0, 0.1) is 11.3 Å². The summed E-state index contributed by atoms with van der Waals surface area (Å²) in [5, 5.41) is 18.5. The number of carboxylic acids is 1. The lowest BCUT2D eigenvalue weighted by Gasteiger charge is -2.10. The Balaban J connectivity index is 3.53. The van der Waals surface area contributed by atoms with Crippen molar-refractivity contribution < 1.29 is 9.90 Å². The average molecular weight is 268 g/mol. The second-order valence-corrected chi connectivity index (χ2v) is 3.59. The van der Waals surface area contributed by atoms with E-state index in [0.29, 0.717) is 11.8 Å². The van der Waals surface area contributed by atoms with Crippen LogP contribution in [0.15, 0.2) is 12.1 Å². The molecule has 0 saturated heterocycles. The highest BCUT2D eigenvalue weighted by atomic mass is 79.9. The molecule has 0 bridgehead atoms. The van der Waals surface area contributed by atoms with Gasteiger partial charge in [0.25, 0.3) is 0 Å². The zero-order valence-electron chi connectivity index (χ0n) is 8.25. The molecule has 1 N–H and O–H groups in total. The smallest absolute Gasteiger partial charge is 0.337 e. The van der Waals surface area contributed by atoms with E-state index in [1.807, 2.05) is 13.0 Å². The molecule has 0 aliphatic rings. The van der Waals surface area contributed by atoms with Gasteiger partial charge in [0.1, 0.15) is 6.07 Å². The molecular weight excluding hydrogens is 258 g/mol. The number of alkyl halides is 1. The van der Waals surface area contributed by atoms with Gasteiger partial charge in [-0.2, -0.15) is 5.26 Å². The Kier molecular flexibility index (Phi) is 3.87.